The third kappa shape index (κ3) is 3.84. The van der Waals surface area contributed by atoms with Crippen molar-refractivity contribution in [2.75, 3.05) is 13.7 Å². The van der Waals surface area contributed by atoms with Gasteiger partial charge in [0.15, 0.2) is 0 Å². The molecule has 104 valence electrons. The molecule has 0 aliphatic rings. The van der Waals surface area contributed by atoms with Gasteiger partial charge in [-0.1, -0.05) is 34.1 Å². The predicted octanol–water partition coefficient (Wildman–Crippen LogP) is 3.43. The van der Waals surface area contributed by atoms with Crippen molar-refractivity contribution >= 4 is 21.8 Å². The van der Waals surface area contributed by atoms with Crippen LogP contribution < -0.4 is 10.1 Å². The van der Waals surface area contributed by atoms with Gasteiger partial charge in [0, 0.05) is 16.6 Å². The highest BCUT2D eigenvalue weighted by atomic mass is 79.9. The fourth-order valence-corrected chi connectivity index (χ4v) is 2.19. The Morgan fingerprint density at radius 2 is 1.85 bits per heavy atom. The summed E-state index contributed by atoms with van der Waals surface area (Å²) in [6, 6.07) is 15.1. The van der Waals surface area contributed by atoms with Gasteiger partial charge in [0.05, 0.1) is 7.11 Å². The molecule has 0 spiro atoms. The molecular formula is C16H16BrNO2. The second-order valence-corrected chi connectivity index (χ2v) is 5.24. The second-order valence-electron chi connectivity index (χ2n) is 4.32. The second kappa shape index (κ2) is 7.10. The summed E-state index contributed by atoms with van der Waals surface area (Å²) in [6.07, 6.45) is 0.742. The third-order valence-corrected chi connectivity index (χ3v) is 3.51. The third-order valence-electron chi connectivity index (χ3n) is 2.98. The molecule has 0 fully saturated rings. The summed E-state index contributed by atoms with van der Waals surface area (Å²) in [7, 11) is 1.65. The Morgan fingerprint density at radius 3 is 2.55 bits per heavy atom. The molecule has 0 aliphatic heterocycles. The molecule has 0 radical (unpaired) electrons. The van der Waals surface area contributed by atoms with Crippen molar-refractivity contribution in [1.29, 1.82) is 0 Å². The van der Waals surface area contributed by atoms with Crippen molar-refractivity contribution < 1.29 is 9.53 Å². The first kappa shape index (κ1) is 14.6. The van der Waals surface area contributed by atoms with Crippen molar-refractivity contribution in [2.24, 2.45) is 0 Å². The van der Waals surface area contributed by atoms with Gasteiger partial charge in [-0.05, 0) is 42.3 Å². The lowest BCUT2D eigenvalue weighted by Crippen LogP contribution is -2.25. The highest BCUT2D eigenvalue weighted by Crippen LogP contribution is 2.17. The molecule has 0 saturated carbocycles. The van der Waals surface area contributed by atoms with E-state index in [1.54, 1.807) is 19.2 Å². The number of hydrogen-bond acceptors (Lipinski definition) is 2. The van der Waals surface area contributed by atoms with Crippen molar-refractivity contribution in [1.82, 2.24) is 5.32 Å². The molecule has 0 aliphatic carbocycles. The van der Waals surface area contributed by atoms with Crippen LogP contribution in [0.2, 0.25) is 0 Å². The minimum absolute atomic E-state index is 0.0626. The minimum atomic E-state index is -0.0626. The van der Waals surface area contributed by atoms with Crippen LogP contribution in [-0.2, 0) is 6.42 Å². The van der Waals surface area contributed by atoms with Gasteiger partial charge in [0.2, 0.25) is 0 Å². The van der Waals surface area contributed by atoms with E-state index in [1.165, 1.54) is 0 Å². The maximum Gasteiger partial charge on any atom is 0.251 e. The number of methoxy groups -OCH3 is 1. The van der Waals surface area contributed by atoms with E-state index >= 15 is 0 Å². The normalized spacial score (nSPS) is 10.1. The summed E-state index contributed by atoms with van der Waals surface area (Å²) in [4.78, 5) is 11.9. The molecule has 0 bridgehead atoms. The van der Waals surface area contributed by atoms with Crippen LogP contribution in [0.3, 0.4) is 0 Å². The molecule has 0 heterocycles. The van der Waals surface area contributed by atoms with E-state index in [0.717, 1.165) is 22.2 Å². The van der Waals surface area contributed by atoms with Gasteiger partial charge in [0.1, 0.15) is 5.75 Å². The van der Waals surface area contributed by atoms with Gasteiger partial charge >= 0.3 is 0 Å². The van der Waals surface area contributed by atoms with Crippen LogP contribution >= 0.6 is 15.9 Å². The fourth-order valence-electron chi connectivity index (χ4n) is 1.92. The molecule has 2 rings (SSSR count). The molecular weight excluding hydrogens is 318 g/mol. The standard InChI is InChI=1S/C16H16BrNO2/c1-20-15-5-3-2-4-12(15)10-11-18-16(19)13-6-8-14(17)9-7-13/h2-9H,10-11H2,1H3,(H,18,19). The van der Waals surface area contributed by atoms with Crippen LogP contribution in [0.25, 0.3) is 0 Å². The summed E-state index contributed by atoms with van der Waals surface area (Å²) in [5.41, 5.74) is 1.75. The Hall–Kier alpha value is -1.81. The van der Waals surface area contributed by atoms with E-state index in [2.05, 4.69) is 21.2 Å². The van der Waals surface area contributed by atoms with E-state index in [1.807, 2.05) is 36.4 Å². The van der Waals surface area contributed by atoms with E-state index in [0.29, 0.717) is 12.1 Å². The molecule has 20 heavy (non-hydrogen) atoms. The first-order chi connectivity index (χ1) is 9.70. The van der Waals surface area contributed by atoms with Gasteiger partial charge in [-0.15, -0.1) is 0 Å². The van der Waals surface area contributed by atoms with Crippen LogP contribution in [0.4, 0.5) is 0 Å². The van der Waals surface area contributed by atoms with E-state index in [9.17, 15) is 4.79 Å². The van der Waals surface area contributed by atoms with Crippen LogP contribution in [0, 0.1) is 0 Å². The molecule has 0 atom stereocenters. The van der Waals surface area contributed by atoms with Gasteiger partial charge in [0.25, 0.3) is 5.91 Å². The van der Waals surface area contributed by atoms with Crippen molar-refractivity contribution in [2.45, 2.75) is 6.42 Å². The Bertz CT molecular complexity index is 581. The Morgan fingerprint density at radius 1 is 1.15 bits per heavy atom. The van der Waals surface area contributed by atoms with Crippen LogP contribution in [-0.4, -0.2) is 19.6 Å². The lowest BCUT2D eigenvalue weighted by Gasteiger charge is -2.09. The van der Waals surface area contributed by atoms with Crippen molar-refractivity contribution in [3.8, 4) is 5.75 Å². The lowest BCUT2D eigenvalue weighted by molar-refractivity contribution is 0.0954. The summed E-state index contributed by atoms with van der Waals surface area (Å²) >= 11 is 3.35. The number of amides is 1. The average molecular weight is 334 g/mol. The number of para-hydroxylation sites is 1. The zero-order valence-corrected chi connectivity index (χ0v) is 12.8. The van der Waals surface area contributed by atoms with Crippen LogP contribution in [0.5, 0.6) is 5.75 Å². The largest absolute Gasteiger partial charge is 0.496 e. The number of nitrogens with one attached hydrogen (secondary N) is 1. The molecule has 4 heteroatoms. The van der Waals surface area contributed by atoms with E-state index in [-0.39, 0.29) is 5.91 Å². The summed E-state index contributed by atoms with van der Waals surface area (Å²) in [5, 5.41) is 2.91. The topological polar surface area (TPSA) is 38.3 Å². The Balaban J connectivity index is 1.89. The molecule has 0 saturated heterocycles. The van der Waals surface area contributed by atoms with Crippen molar-refractivity contribution in [3.05, 3.63) is 64.1 Å². The number of carbonyl (C=O) groups is 1. The lowest BCUT2D eigenvalue weighted by atomic mass is 10.1. The van der Waals surface area contributed by atoms with Gasteiger partial charge in [-0.3, -0.25) is 4.79 Å². The van der Waals surface area contributed by atoms with Gasteiger partial charge < -0.3 is 10.1 Å². The SMILES string of the molecule is COc1ccccc1CCNC(=O)c1ccc(Br)cc1. The van der Waals surface area contributed by atoms with Crippen LogP contribution in [0.15, 0.2) is 53.0 Å². The summed E-state index contributed by atoms with van der Waals surface area (Å²) < 4.78 is 6.24. The molecule has 0 unspecified atom stereocenters. The number of benzene rings is 2. The number of ether oxygens (including phenoxy) is 1. The number of rotatable bonds is 5. The first-order valence-corrected chi connectivity index (χ1v) is 7.15. The van der Waals surface area contributed by atoms with Crippen molar-refractivity contribution in [3.63, 3.8) is 0 Å². The molecule has 2 aromatic carbocycles. The molecule has 2 aromatic rings. The predicted molar refractivity (Wildman–Crippen MR) is 83.2 cm³/mol. The highest BCUT2D eigenvalue weighted by molar-refractivity contribution is 9.10. The highest BCUT2D eigenvalue weighted by Gasteiger charge is 2.06. The molecule has 1 N–H and O–H groups in total. The number of carbonyl (C=O) groups excluding carboxylic acids is 1. The minimum Gasteiger partial charge on any atom is -0.496 e. The summed E-state index contributed by atoms with van der Waals surface area (Å²) in [5.74, 6) is 0.790. The monoisotopic (exact) mass is 333 g/mol. The van der Waals surface area contributed by atoms with Gasteiger partial charge in [-0.2, -0.15) is 0 Å². The quantitative estimate of drug-likeness (QED) is 0.910. The Kier molecular flexibility index (Phi) is 5.18. The average Bonchev–Trinajstić information content (AvgIpc) is 2.48. The molecule has 1 amide bonds. The number of halogens is 1. The number of hydrogen-bond donors (Lipinski definition) is 1. The molecule has 3 nitrogen and oxygen atoms in total. The Labute approximate surface area is 127 Å². The van der Waals surface area contributed by atoms with E-state index in [4.69, 9.17) is 4.74 Å². The molecule has 0 aromatic heterocycles. The maximum atomic E-state index is 11.9. The van der Waals surface area contributed by atoms with Gasteiger partial charge in [-0.25, -0.2) is 0 Å². The zero-order chi connectivity index (χ0) is 14.4. The van der Waals surface area contributed by atoms with E-state index < -0.39 is 0 Å². The zero-order valence-electron chi connectivity index (χ0n) is 11.2. The first-order valence-electron chi connectivity index (χ1n) is 6.36. The smallest absolute Gasteiger partial charge is 0.251 e. The van der Waals surface area contributed by atoms with Crippen LogP contribution in [0.1, 0.15) is 15.9 Å². The fraction of sp³-hybridized carbons (Fsp3) is 0.188. The maximum absolute atomic E-state index is 11.9. The summed E-state index contributed by atoms with van der Waals surface area (Å²) in [6.45, 7) is 0.579.